The summed E-state index contributed by atoms with van der Waals surface area (Å²) in [5.74, 6) is -0.550. The van der Waals surface area contributed by atoms with Gasteiger partial charge < -0.3 is 4.74 Å². The number of carbonyl (C=O) groups is 1. The minimum atomic E-state index is -0.716. The molecule has 0 unspecified atom stereocenters. The summed E-state index contributed by atoms with van der Waals surface area (Å²) in [7, 11) is 0. The molecule has 1 rings (SSSR count). The van der Waals surface area contributed by atoms with Gasteiger partial charge in [-0.05, 0) is 5.56 Å². The molecule has 5 nitrogen and oxygen atoms in total. The molecule has 6 heteroatoms. The Labute approximate surface area is 91.0 Å². The molecule has 0 saturated heterocycles. The van der Waals surface area contributed by atoms with E-state index in [-0.39, 0.29) is 18.7 Å². The van der Waals surface area contributed by atoms with Gasteiger partial charge in [0.2, 0.25) is 0 Å². The quantitative estimate of drug-likeness (QED) is 0.435. The molecule has 0 aliphatic heterocycles. The first-order chi connectivity index (χ1) is 7.63. The van der Waals surface area contributed by atoms with E-state index in [1.54, 1.807) is 0 Å². The Bertz CT molecular complexity index is 377. The van der Waals surface area contributed by atoms with Crippen LogP contribution in [0.25, 0.3) is 0 Å². The summed E-state index contributed by atoms with van der Waals surface area (Å²) in [5, 5.41) is 10.3. The second kappa shape index (κ2) is 5.79. The van der Waals surface area contributed by atoms with Gasteiger partial charge in [0.1, 0.15) is 13.3 Å². The summed E-state index contributed by atoms with van der Waals surface area (Å²) in [4.78, 5) is 20.9. The van der Waals surface area contributed by atoms with Crippen LogP contribution in [0.3, 0.4) is 0 Å². The maximum absolute atomic E-state index is 11.7. The average molecular weight is 227 g/mol. The van der Waals surface area contributed by atoms with Gasteiger partial charge in [0, 0.05) is 12.1 Å². The smallest absolute Gasteiger partial charge is 0.310 e. The van der Waals surface area contributed by atoms with Crippen LogP contribution in [0, 0.1) is 10.1 Å². The molecule has 0 bridgehead atoms. The third kappa shape index (κ3) is 3.64. The normalized spacial score (nSPS) is 9.81. The van der Waals surface area contributed by atoms with Crippen LogP contribution in [0.1, 0.15) is 5.56 Å². The van der Waals surface area contributed by atoms with Crippen LogP contribution in [-0.4, -0.2) is 24.2 Å². The molecule has 0 saturated carbocycles. The maximum atomic E-state index is 11.7. The first-order valence-electron chi connectivity index (χ1n) is 4.58. The van der Waals surface area contributed by atoms with Gasteiger partial charge in [0.15, 0.2) is 0 Å². The number of nitro benzene ring substituents is 1. The average Bonchev–Trinajstić information content (AvgIpc) is 2.27. The number of carbonyl (C=O) groups excluding carboxylic acids is 1. The number of alkyl halides is 1. The van der Waals surface area contributed by atoms with Crippen LogP contribution >= 0.6 is 0 Å². The van der Waals surface area contributed by atoms with Gasteiger partial charge in [0.05, 0.1) is 11.3 Å². The summed E-state index contributed by atoms with van der Waals surface area (Å²) in [5.41, 5.74) is 0.551. The van der Waals surface area contributed by atoms with Gasteiger partial charge >= 0.3 is 5.97 Å². The molecule has 0 N–H and O–H groups in total. The van der Waals surface area contributed by atoms with Crippen LogP contribution < -0.4 is 0 Å². The zero-order valence-electron chi connectivity index (χ0n) is 8.39. The highest BCUT2D eigenvalue weighted by Gasteiger charge is 2.07. The summed E-state index contributed by atoms with van der Waals surface area (Å²) in [6, 6.07) is 5.54. The van der Waals surface area contributed by atoms with Gasteiger partial charge in [-0.1, -0.05) is 12.1 Å². The molecule has 86 valence electrons. The fourth-order valence-corrected chi connectivity index (χ4v) is 1.11. The predicted molar refractivity (Wildman–Crippen MR) is 53.7 cm³/mol. The summed E-state index contributed by atoms with van der Waals surface area (Å²) in [6.45, 7) is -0.974. The fourth-order valence-electron chi connectivity index (χ4n) is 1.11. The third-order valence-electron chi connectivity index (χ3n) is 1.84. The number of hydrogen-bond acceptors (Lipinski definition) is 4. The summed E-state index contributed by atoms with van der Waals surface area (Å²) >= 11 is 0. The number of ether oxygens (including phenoxy) is 1. The van der Waals surface area contributed by atoms with E-state index in [0.29, 0.717) is 5.56 Å². The molecule has 16 heavy (non-hydrogen) atoms. The monoisotopic (exact) mass is 227 g/mol. The zero-order chi connectivity index (χ0) is 12.0. The lowest BCUT2D eigenvalue weighted by Crippen LogP contribution is -2.09. The molecule has 0 radical (unpaired) electrons. The molecule has 1 aromatic carbocycles. The molecule has 0 amide bonds. The van der Waals surface area contributed by atoms with Crippen LogP contribution in [0.2, 0.25) is 0 Å². The van der Waals surface area contributed by atoms with E-state index in [2.05, 4.69) is 4.74 Å². The standard InChI is InChI=1S/C10H10FNO4/c11-5-6-16-10(13)7-8-1-3-9(4-2-8)12(14)15/h1-4H,5-7H2. The van der Waals surface area contributed by atoms with E-state index in [4.69, 9.17) is 0 Å². The van der Waals surface area contributed by atoms with Crippen molar-refractivity contribution in [2.45, 2.75) is 6.42 Å². The number of nitro groups is 1. The van der Waals surface area contributed by atoms with E-state index in [1.165, 1.54) is 24.3 Å². The minimum Gasteiger partial charge on any atom is -0.463 e. The van der Waals surface area contributed by atoms with Gasteiger partial charge in [-0.15, -0.1) is 0 Å². The number of rotatable bonds is 5. The van der Waals surface area contributed by atoms with E-state index in [9.17, 15) is 19.3 Å². The molecular weight excluding hydrogens is 217 g/mol. The van der Waals surface area contributed by atoms with Crippen molar-refractivity contribution in [3.8, 4) is 0 Å². The summed E-state index contributed by atoms with van der Waals surface area (Å²) < 4.78 is 16.2. The molecule has 0 atom stereocenters. The Hall–Kier alpha value is -1.98. The molecule has 0 aliphatic rings. The molecule has 0 aliphatic carbocycles. The van der Waals surface area contributed by atoms with Crippen molar-refractivity contribution in [1.29, 1.82) is 0 Å². The number of benzene rings is 1. The van der Waals surface area contributed by atoms with Crippen molar-refractivity contribution < 1.29 is 18.8 Å². The van der Waals surface area contributed by atoms with Crippen molar-refractivity contribution >= 4 is 11.7 Å². The Balaban J connectivity index is 2.55. The van der Waals surface area contributed by atoms with E-state index in [0.717, 1.165) is 0 Å². The topological polar surface area (TPSA) is 69.4 Å². The van der Waals surface area contributed by atoms with Crippen molar-refractivity contribution in [3.63, 3.8) is 0 Å². The number of halogens is 1. The number of esters is 1. The van der Waals surface area contributed by atoms with Crippen molar-refractivity contribution in [3.05, 3.63) is 39.9 Å². The van der Waals surface area contributed by atoms with E-state index >= 15 is 0 Å². The van der Waals surface area contributed by atoms with E-state index < -0.39 is 17.6 Å². The second-order valence-electron chi connectivity index (χ2n) is 3.01. The highest BCUT2D eigenvalue weighted by molar-refractivity contribution is 5.72. The van der Waals surface area contributed by atoms with Crippen LogP contribution in [0.5, 0.6) is 0 Å². The van der Waals surface area contributed by atoms with Crippen LogP contribution in [0.15, 0.2) is 24.3 Å². The molecule has 0 fully saturated rings. The molecular formula is C10H10FNO4. The largest absolute Gasteiger partial charge is 0.463 e. The van der Waals surface area contributed by atoms with Crippen molar-refractivity contribution in [2.75, 3.05) is 13.3 Å². The number of nitrogens with zero attached hydrogens (tertiary/aromatic N) is 1. The van der Waals surface area contributed by atoms with Gasteiger partial charge in [0.25, 0.3) is 5.69 Å². The Morgan fingerprint density at radius 2 is 2.00 bits per heavy atom. The zero-order valence-corrected chi connectivity index (χ0v) is 8.39. The van der Waals surface area contributed by atoms with Crippen LogP contribution in [-0.2, 0) is 16.0 Å². The second-order valence-corrected chi connectivity index (χ2v) is 3.01. The Kier molecular flexibility index (Phi) is 4.38. The predicted octanol–water partition coefficient (Wildman–Crippen LogP) is 1.65. The highest BCUT2D eigenvalue weighted by Crippen LogP contribution is 2.12. The SMILES string of the molecule is O=C(Cc1ccc([N+](=O)[O-])cc1)OCCF. The first-order valence-corrected chi connectivity index (χ1v) is 4.58. The van der Waals surface area contributed by atoms with Crippen LogP contribution in [0.4, 0.5) is 10.1 Å². The van der Waals surface area contributed by atoms with Gasteiger partial charge in [-0.3, -0.25) is 14.9 Å². The Morgan fingerprint density at radius 3 is 2.50 bits per heavy atom. The fraction of sp³-hybridized carbons (Fsp3) is 0.300. The summed E-state index contributed by atoms with van der Waals surface area (Å²) in [6.07, 6.45) is -0.0159. The lowest BCUT2D eigenvalue weighted by molar-refractivity contribution is -0.384. The molecule has 0 aromatic heterocycles. The molecule has 1 aromatic rings. The highest BCUT2D eigenvalue weighted by atomic mass is 19.1. The third-order valence-corrected chi connectivity index (χ3v) is 1.84. The number of non-ortho nitro benzene ring substituents is 1. The molecule has 0 spiro atoms. The minimum absolute atomic E-state index is 0.0159. The lowest BCUT2D eigenvalue weighted by atomic mass is 10.1. The van der Waals surface area contributed by atoms with Crippen molar-refractivity contribution in [2.24, 2.45) is 0 Å². The van der Waals surface area contributed by atoms with Crippen molar-refractivity contribution in [1.82, 2.24) is 0 Å². The van der Waals surface area contributed by atoms with Gasteiger partial charge in [-0.25, -0.2) is 4.39 Å². The number of hydrogen-bond donors (Lipinski definition) is 0. The lowest BCUT2D eigenvalue weighted by Gasteiger charge is -2.01. The first kappa shape index (κ1) is 12.1. The maximum Gasteiger partial charge on any atom is 0.310 e. The van der Waals surface area contributed by atoms with E-state index in [1.807, 2.05) is 0 Å². The molecule has 0 heterocycles. The van der Waals surface area contributed by atoms with Gasteiger partial charge in [-0.2, -0.15) is 0 Å². The Morgan fingerprint density at radius 1 is 1.38 bits per heavy atom.